The molecular weight excluding hydrogens is 266 g/mol. The molecule has 0 saturated carbocycles. The van der Waals surface area contributed by atoms with Gasteiger partial charge in [-0.15, -0.1) is 0 Å². The molecule has 0 aliphatic carbocycles. The second-order valence-corrected chi connectivity index (χ2v) is 5.74. The van der Waals surface area contributed by atoms with Gasteiger partial charge >= 0.3 is 0 Å². The predicted octanol–water partition coefficient (Wildman–Crippen LogP) is 0.282. The van der Waals surface area contributed by atoms with Crippen molar-refractivity contribution >= 4 is 28.8 Å². The number of hydrogen-bond acceptors (Lipinski definition) is 5. The van der Waals surface area contributed by atoms with Crippen molar-refractivity contribution in [3.05, 3.63) is 0 Å². The van der Waals surface area contributed by atoms with Gasteiger partial charge in [0.05, 0.1) is 11.8 Å². The van der Waals surface area contributed by atoms with Crippen molar-refractivity contribution in [2.24, 2.45) is 0 Å². The van der Waals surface area contributed by atoms with Gasteiger partial charge in [0.2, 0.25) is 11.8 Å². The Kier molecular flexibility index (Phi) is 4.81. The third-order valence-corrected chi connectivity index (χ3v) is 4.40. The quantitative estimate of drug-likeness (QED) is 0.786. The van der Waals surface area contributed by atoms with E-state index in [1.54, 1.807) is 0 Å². The Labute approximate surface area is 116 Å². The summed E-state index contributed by atoms with van der Waals surface area (Å²) in [6, 6.07) is -0.137. The number of nitrogens with zero attached hydrogens (tertiary/aromatic N) is 2. The molecule has 2 aliphatic heterocycles. The van der Waals surface area contributed by atoms with Crippen molar-refractivity contribution in [1.29, 1.82) is 0 Å². The Hall–Kier alpha value is -1.08. The standard InChI is InChI=1S/C12H19N3O3S/c1-9(14-5-2-3-6-14)11(17)13-4-7-15-10(16)8-19-12(15)18/h9H,2-8H2,1H3,(H,13,17)/t9-/m1/s1. The van der Waals surface area contributed by atoms with Crippen LogP contribution in [0.25, 0.3) is 0 Å². The number of rotatable bonds is 5. The first-order chi connectivity index (χ1) is 9.09. The van der Waals surface area contributed by atoms with Crippen molar-refractivity contribution in [2.75, 3.05) is 31.9 Å². The Bertz CT molecular complexity index is 366. The lowest BCUT2D eigenvalue weighted by Gasteiger charge is -2.23. The van der Waals surface area contributed by atoms with Crippen LogP contribution in [0, 0.1) is 0 Å². The summed E-state index contributed by atoms with van der Waals surface area (Å²) in [4.78, 5) is 38.0. The van der Waals surface area contributed by atoms with Gasteiger partial charge in [0, 0.05) is 13.1 Å². The third-order valence-electron chi connectivity index (χ3n) is 3.54. The fourth-order valence-corrected chi connectivity index (χ4v) is 3.08. The minimum atomic E-state index is -0.216. The number of amides is 3. The summed E-state index contributed by atoms with van der Waals surface area (Å²) in [6.07, 6.45) is 2.29. The highest BCUT2D eigenvalue weighted by atomic mass is 32.2. The summed E-state index contributed by atoms with van der Waals surface area (Å²) in [5.41, 5.74) is 0. The van der Waals surface area contributed by atoms with Crippen LogP contribution in [0.3, 0.4) is 0 Å². The lowest BCUT2D eigenvalue weighted by atomic mass is 10.3. The summed E-state index contributed by atoms with van der Waals surface area (Å²) in [5.74, 6) is 0.0160. The van der Waals surface area contributed by atoms with E-state index in [9.17, 15) is 14.4 Å². The van der Waals surface area contributed by atoms with Crippen molar-refractivity contribution < 1.29 is 14.4 Å². The zero-order chi connectivity index (χ0) is 13.8. The maximum atomic E-state index is 11.9. The molecule has 106 valence electrons. The maximum Gasteiger partial charge on any atom is 0.288 e. The molecule has 19 heavy (non-hydrogen) atoms. The molecule has 0 aromatic heterocycles. The van der Waals surface area contributed by atoms with Crippen LogP contribution in [0.4, 0.5) is 4.79 Å². The maximum absolute atomic E-state index is 11.9. The predicted molar refractivity (Wildman–Crippen MR) is 72.8 cm³/mol. The van der Waals surface area contributed by atoms with Crippen LogP contribution in [0.2, 0.25) is 0 Å². The van der Waals surface area contributed by atoms with E-state index in [1.165, 1.54) is 4.90 Å². The first kappa shape index (κ1) is 14.3. The monoisotopic (exact) mass is 285 g/mol. The summed E-state index contributed by atoms with van der Waals surface area (Å²) < 4.78 is 0. The highest BCUT2D eigenvalue weighted by molar-refractivity contribution is 8.14. The average molecular weight is 285 g/mol. The van der Waals surface area contributed by atoms with Crippen LogP contribution in [-0.4, -0.2) is 64.8 Å². The summed E-state index contributed by atoms with van der Waals surface area (Å²) in [5, 5.41) is 2.58. The van der Waals surface area contributed by atoms with Gasteiger partial charge in [-0.1, -0.05) is 11.8 Å². The zero-order valence-corrected chi connectivity index (χ0v) is 11.9. The molecule has 2 heterocycles. The molecule has 0 aromatic carbocycles. The van der Waals surface area contributed by atoms with Crippen molar-refractivity contribution in [1.82, 2.24) is 15.1 Å². The summed E-state index contributed by atoms with van der Waals surface area (Å²) in [6.45, 7) is 4.42. The lowest BCUT2D eigenvalue weighted by Crippen LogP contribution is -2.46. The van der Waals surface area contributed by atoms with E-state index < -0.39 is 0 Å². The van der Waals surface area contributed by atoms with Crippen molar-refractivity contribution in [3.63, 3.8) is 0 Å². The van der Waals surface area contributed by atoms with Gasteiger partial charge < -0.3 is 5.32 Å². The molecule has 2 rings (SSSR count). The van der Waals surface area contributed by atoms with Crippen LogP contribution >= 0.6 is 11.8 Å². The van der Waals surface area contributed by atoms with Gasteiger partial charge in [0.15, 0.2) is 0 Å². The molecule has 1 atom stereocenters. The van der Waals surface area contributed by atoms with Crippen LogP contribution < -0.4 is 5.32 Å². The zero-order valence-electron chi connectivity index (χ0n) is 11.1. The van der Waals surface area contributed by atoms with Crippen LogP contribution in [-0.2, 0) is 9.59 Å². The van der Waals surface area contributed by atoms with Gasteiger partial charge in [0.1, 0.15) is 0 Å². The van der Waals surface area contributed by atoms with Gasteiger partial charge in [-0.25, -0.2) is 0 Å². The molecule has 3 amide bonds. The van der Waals surface area contributed by atoms with Crippen LogP contribution in [0.15, 0.2) is 0 Å². The molecule has 0 unspecified atom stereocenters. The smallest absolute Gasteiger partial charge is 0.288 e. The van der Waals surface area contributed by atoms with Crippen LogP contribution in [0.5, 0.6) is 0 Å². The Balaban J connectivity index is 1.71. The third kappa shape index (κ3) is 3.48. The molecule has 0 radical (unpaired) electrons. The first-order valence-corrected chi connectivity index (χ1v) is 7.57. The second-order valence-electron chi connectivity index (χ2n) is 4.81. The number of hydrogen-bond donors (Lipinski definition) is 1. The Morgan fingerprint density at radius 1 is 1.37 bits per heavy atom. The van der Waals surface area contributed by atoms with E-state index in [4.69, 9.17) is 0 Å². The highest BCUT2D eigenvalue weighted by Gasteiger charge is 2.29. The molecule has 0 aromatic rings. The normalized spacial score (nSPS) is 22.1. The van der Waals surface area contributed by atoms with Gasteiger partial charge in [0.25, 0.3) is 5.24 Å². The van der Waals surface area contributed by atoms with E-state index in [2.05, 4.69) is 10.2 Å². The van der Waals surface area contributed by atoms with Gasteiger partial charge in [-0.05, 0) is 32.9 Å². The second kappa shape index (κ2) is 6.38. The first-order valence-electron chi connectivity index (χ1n) is 6.58. The van der Waals surface area contributed by atoms with Crippen molar-refractivity contribution in [3.8, 4) is 0 Å². The fourth-order valence-electron chi connectivity index (χ4n) is 2.33. The average Bonchev–Trinajstić information content (AvgIpc) is 3.02. The summed E-state index contributed by atoms with van der Waals surface area (Å²) in [7, 11) is 0. The number of thioether (sulfide) groups is 1. The van der Waals surface area contributed by atoms with Gasteiger partial charge in [-0.2, -0.15) is 0 Å². The molecular formula is C12H19N3O3S. The Morgan fingerprint density at radius 3 is 2.63 bits per heavy atom. The highest BCUT2D eigenvalue weighted by Crippen LogP contribution is 2.17. The number of likely N-dealkylation sites (tertiary alicyclic amines) is 1. The molecule has 2 aliphatic rings. The molecule has 0 spiro atoms. The van der Waals surface area contributed by atoms with Crippen molar-refractivity contribution in [2.45, 2.75) is 25.8 Å². The largest absolute Gasteiger partial charge is 0.353 e. The van der Waals surface area contributed by atoms with E-state index in [-0.39, 0.29) is 35.4 Å². The molecule has 6 nitrogen and oxygen atoms in total. The molecule has 1 N–H and O–H groups in total. The van der Waals surface area contributed by atoms with Crippen LogP contribution in [0.1, 0.15) is 19.8 Å². The van der Waals surface area contributed by atoms with E-state index in [0.717, 1.165) is 37.7 Å². The van der Waals surface area contributed by atoms with Gasteiger partial charge in [-0.3, -0.25) is 24.2 Å². The number of carbonyl (C=O) groups excluding carboxylic acids is 3. The SMILES string of the molecule is C[C@H](C(=O)NCCN1C(=O)CSC1=O)N1CCCC1. The molecule has 2 fully saturated rings. The minimum Gasteiger partial charge on any atom is -0.353 e. The fraction of sp³-hybridized carbons (Fsp3) is 0.750. The Morgan fingerprint density at radius 2 is 2.05 bits per heavy atom. The van der Waals surface area contributed by atoms with E-state index >= 15 is 0 Å². The molecule has 0 bridgehead atoms. The lowest BCUT2D eigenvalue weighted by molar-refractivity contribution is -0.127. The summed E-state index contributed by atoms with van der Waals surface area (Å²) >= 11 is 1.02. The number of carbonyl (C=O) groups is 3. The molecule has 2 saturated heterocycles. The number of nitrogens with one attached hydrogen (secondary N) is 1. The topological polar surface area (TPSA) is 69.7 Å². The van der Waals surface area contributed by atoms with E-state index in [0.29, 0.717) is 6.54 Å². The van der Waals surface area contributed by atoms with E-state index in [1.807, 2.05) is 6.92 Å². The molecule has 7 heteroatoms. The number of imide groups is 1. The minimum absolute atomic E-state index is 0.0337.